The second-order valence-electron chi connectivity index (χ2n) is 5.63. The van der Waals surface area contributed by atoms with Crippen LogP contribution in [0.4, 0.5) is 9.52 Å². The summed E-state index contributed by atoms with van der Waals surface area (Å²) in [4.78, 5) is 33.0. The molecule has 0 unspecified atom stereocenters. The maximum atomic E-state index is 12.5. The summed E-state index contributed by atoms with van der Waals surface area (Å²) < 4.78 is 75.3. The maximum Gasteiger partial charge on any atom is 1.00 e. The second-order valence-corrected chi connectivity index (χ2v) is 9.20. The number of nitrogens with two attached hydrogens (primary N) is 1. The number of hydrogen-bond acceptors (Lipinski definition) is 13. The zero-order valence-corrected chi connectivity index (χ0v) is 21.0. The van der Waals surface area contributed by atoms with Gasteiger partial charge in [-0.1, -0.05) is 5.16 Å². The van der Waals surface area contributed by atoms with Crippen molar-refractivity contribution >= 4 is 54.6 Å². The van der Waals surface area contributed by atoms with Crippen LogP contribution in [0.15, 0.2) is 10.5 Å². The number of carbonyl (C=O) groups excluding carboxylic acids is 2. The molecule has 174 valence electrons. The molecule has 0 aliphatic carbocycles. The van der Waals surface area contributed by atoms with Crippen LogP contribution in [0.25, 0.3) is 0 Å². The van der Waals surface area contributed by atoms with Crippen molar-refractivity contribution in [1.82, 2.24) is 19.3 Å². The minimum absolute atomic E-state index is 0. The normalized spacial score (nSPS) is 19.2. The summed E-state index contributed by atoms with van der Waals surface area (Å²) in [6.45, 7) is -2.70. The van der Waals surface area contributed by atoms with E-state index in [1.165, 1.54) is 5.38 Å². The molecule has 1 aliphatic heterocycles. The fraction of sp³-hybridized carbons (Fsp3) is 0.500. The van der Waals surface area contributed by atoms with Gasteiger partial charge in [-0.05, 0) is 0 Å². The van der Waals surface area contributed by atoms with Crippen LogP contribution in [-0.4, -0.2) is 87.2 Å². The minimum Gasteiger partial charge on any atom is -0.731 e. The zero-order chi connectivity index (χ0) is 23.4. The Balaban J connectivity index is 0.00000512. The van der Waals surface area contributed by atoms with E-state index in [2.05, 4.69) is 24.5 Å². The first-order valence-electron chi connectivity index (χ1n) is 8.03. The van der Waals surface area contributed by atoms with E-state index < -0.39 is 70.0 Å². The van der Waals surface area contributed by atoms with Gasteiger partial charge in [-0.3, -0.25) is 13.8 Å². The van der Waals surface area contributed by atoms with Crippen molar-refractivity contribution in [2.75, 3.05) is 32.7 Å². The monoisotopic (exact) mass is 526 g/mol. The molecule has 2 amide bonds. The summed E-state index contributed by atoms with van der Waals surface area (Å²) in [7, 11) is -8.75. The number of nitrogens with zero attached hydrogens (tertiary/aromatic N) is 3. The van der Waals surface area contributed by atoms with Gasteiger partial charge in [-0.15, -0.1) is 11.3 Å². The Morgan fingerprint density at radius 1 is 1.44 bits per heavy atom. The predicted molar refractivity (Wildman–Crippen MR) is 101 cm³/mol. The Morgan fingerprint density at radius 3 is 2.59 bits per heavy atom. The van der Waals surface area contributed by atoms with Crippen LogP contribution in [0.3, 0.4) is 0 Å². The molecule has 32 heavy (non-hydrogen) atoms. The van der Waals surface area contributed by atoms with E-state index in [0.717, 1.165) is 18.4 Å². The van der Waals surface area contributed by atoms with Gasteiger partial charge in [0.15, 0.2) is 21.1 Å². The Hall–Kier alpha value is -1.45. The molecule has 20 heteroatoms. The molecule has 15 nitrogen and oxygen atoms in total. The summed E-state index contributed by atoms with van der Waals surface area (Å²) in [6, 6.07) is -3.36. The van der Waals surface area contributed by atoms with Crippen molar-refractivity contribution < 1.29 is 73.9 Å². The minimum atomic E-state index is -5.35. The first kappa shape index (κ1) is 28.6. The summed E-state index contributed by atoms with van der Waals surface area (Å²) in [5, 5.41) is 7.03. The molecule has 0 aromatic carbocycles. The van der Waals surface area contributed by atoms with Crippen LogP contribution in [0.5, 0.6) is 0 Å². The van der Waals surface area contributed by atoms with Gasteiger partial charge in [0.1, 0.15) is 31.6 Å². The van der Waals surface area contributed by atoms with Crippen LogP contribution >= 0.6 is 11.3 Å². The van der Waals surface area contributed by atoms with Gasteiger partial charge in [0.25, 0.3) is 11.8 Å². The van der Waals surface area contributed by atoms with Crippen molar-refractivity contribution in [3.8, 4) is 0 Å². The number of carbonyl (C=O) groups is 2. The molecule has 2 rings (SSSR count). The van der Waals surface area contributed by atoms with E-state index in [9.17, 15) is 35.4 Å². The van der Waals surface area contributed by atoms with Crippen LogP contribution in [0.1, 0.15) is 5.69 Å². The molecule has 2 heterocycles. The molecule has 0 spiro atoms. The average Bonchev–Trinajstić information content (AvgIpc) is 3.10. The predicted octanol–water partition coefficient (Wildman–Crippen LogP) is -5.94. The maximum absolute atomic E-state index is 12.5. The van der Waals surface area contributed by atoms with Gasteiger partial charge < -0.3 is 20.4 Å². The smallest absolute Gasteiger partial charge is 0.731 e. The third-order valence-corrected chi connectivity index (χ3v) is 6.24. The van der Waals surface area contributed by atoms with E-state index in [-0.39, 0.29) is 44.7 Å². The summed E-state index contributed by atoms with van der Waals surface area (Å²) in [5.41, 5.74) is 5.04. The molecule has 1 aromatic heterocycles. The number of alkyl halides is 1. The van der Waals surface area contributed by atoms with Gasteiger partial charge in [0.05, 0.1) is 6.61 Å². The van der Waals surface area contributed by atoms with Gasteiger partial charge in [0, 0.05) is 11.9 Å². The number of halogens is 1. The number of anilines is 1. The van der Waals surface area contributed by atoms with Crippen LogP contribution in [0, 0.1) is 0 Å². The topological polar surface area (TPSA) is 223 Å². The zero-order valence-electron chi connectivity index (χ0n) is 16.5. The first-order chi connectivity index (χ1) is 14.4. The summed E-state index contributed by atoms with van der Waals surface area (Å²) >= 11 is 0.971. The van der Waals surface area contributed by atoms with E-state index in [1.54, 1.807) is 4.72 Å². The van der Waals surface area contributed by atoms with E-state index in [4.69, 9.17) is 5.73 Å². The number of nitrogens with one attached hydrogen (secondary N) is 2. The molecule has 1 aliphatic rings. The first-order valence-corrected chi connectivity index (χ1v) is 11.7. The Morgan fingerprint density at radius 2 is 2.09 bits per heavy atom. The van der Waals surface area contributed by atoms with Crippen LogP contribution < -0.4 is 45.3 Å². The summed E-state index contributed by atoms with van der Waals surface area (Å²) in [5.74, 6) is -2.39. The quantitative estimate of drug-likeness (QED) is 0.0809. The Bertz CT molecular complexity index is 1080. The Kier molecular flexibility index (Phi) is 10.4. The van der Waals surface area contributed by atoms with Crippen molar-refractivity contribution in [3.05, 3.63) is 11.1 Å². The molecular formula is C12H16FN6NaO9S3. The Labute approximate surface area is 207 Å². The van der Waals surface area contributed by atoms with Crippen molar-refractivity contribution in [2.24, 2.45) is 5.16 Å². The fourth-order valence-corrected chi connectivity index (χ4v) is 4.51. The number of β-lactam (4-membered cyclic amide) rings is 1. The molecule has 0 radical (unpaired) electrons. The van der Waals surface area contributed by atoms with Crippen molar-refractivity contribution in [2.45, 2.75) is 12.1 Å². The fourth-order valence-electron chi connectivity index (χ4n) is 2.38. The van der Waals surface area contributed by atoms with E-state index in [1.807, 2.05) is 0 Å². The number of oxime groups is 1. The molecule has 0 saturated carbocycles. The van der Waals surface area contributed by atoms with Gasteiger partial charge >= 0.3 is 39.9 Å². The SMILES string of the molecule is CO/N=C(/C(=O)N[C@@H]1C(=O)N(S(=O)(=O)[O-])[C@@H]1COS(=O)(=O)NCCF)c1csc(N)n1.[Na+]. The standard InChI is InChI=1S/C12H17FN6O9S3.Na/c1-27-18-8(6-5-29-12(14)16-6)10(20)17-9-7(19(11(9)21)31(24,25)26)4-28-30(22,23)15-3-2-13;/h5,7,9,15H,2-4H2,1H3,(H2,14,16)(H,17,20)(H,24,25,26);/q;+1/p-1/b18-8+;/t7-,9+;/m1./s1. The van der Waals surface area contributed by atoms with Crippen molar-refractivity contribution in [1.29, 1.82) is 0 Å². The molecule has 2 atom stereocenters. The molecule has 1 aromatic rings. The number of nitrogen functional groups attached to an aromatic ring is 1. The number of thiazole rings is 1. The van der Waals surface area contributed by atoms with Gasteiger partial charge in [-0.25, -0.2) is 22.1 Å². The summed E-state index contributed by atoms with van der Waals surface area (Å²) in [6.07, 6.45) is 0. The number of hydrogen-bond donors (Lipinski definition) is 3. The van der Waals surface area contributed by atoms with Gasteiger partial charge in [-0.2, -0.15) is 13.1 Å². The largest absolute Gasteiger partial charge is 1.00 e. The molecule has 0 bridgehead atoms. The average molecular weight is 526 g/mol. The van der Waals surface area contributed by atoms with E-state index in [0.29, 0.717) is 0 Å². The second kappa shape index (κ2) is 11.6. The van der Waals surface area contributed by atoms with Crippen LogP contribution in [-0.2, 0) is 39.2 Å². The third kappa shape index (κ3) is 7.02. The number of rotatable bonds is 11. The number of amides is 2. The number of aromatic nitrogens is 1. The van der Waals surface area contributed by atoms with E-state index >= 15 is 0 Å². The molecule has 1 saturated heterocycles. The molecule has 1 fully saturated rings. The van der Waals surface area contributed by atoms with Crippen LogP contribution in [0.2, 0.25) is 0 Å². The molecular weight excluding hydrogens is 510 g/mol. The van der Waals surface area contributed by atoms with Gasteiger partial charge in [0.2, 0.25) is 0 Å². The van der Waals surface area contributed by atoms with Crippen molar-refractivity contribution in [3.63, 3.8) is 0 Å². The molecule has 4 N–H and O–H groups in total. The third-order valence-electron chi connectivity index (χ3n) is 3.63.